The van der Waals surface area contributed by atoms with Crippen LogP contribution in [0.25, 0.3) is 0 Å². The van der Waals surface area contributed by atoms with Gasteiger partial charge in [-0.1, -0.05) is 11.6 Å². The highest BCUT2D eigenvalue weighted by molar-refractivity contribution is 5.92. The van der Waals surface area contributed by atoms with Gasteiger partial charge in [-0.3, -0.25) is 4.79 Å². The highest BCUT2D eigenvalue weighted by atomic mass is 16.2. The lowest BCUT2D eigenvalue weighted by Crippen LogP contribution is -2.41. The number of anilines is 1. The molecule has 120 valence electrons. The van der Waals surface area contributed by atoms with E-state index < -0.39 is 0 Å². The molecular weight excluding hydrogens is 276 g/mol. The maximum Gasteiger partial charge on any atom is 0.272 e. The SMILES string of the molecule is CC(C)(C)NC(=O)c1ccc(NCCC2=CCCCC2)nn1. The smallest absolute Gasteiger partial charge is 0.272 e. The van der Waals surface area contributed by atoms with E-state index in [4.69, 9.17) is 0 Å². The van der Waals surface area contributed by atoms with Crippen molar-refractivity contribution in [2.75, 3.05) is 11.9 Å². The van der Waals surface area contributed by atoms with Gasteiger partial charge in [0.15, 0.2) is 5.69 Å². The first-order valence-electron chi connectivity index (χ1n) is 8.02. The molecule has 0 bridgehead atoms. The fourth-order valence-corrected chi connectivity index (χ4v) is 2.44. The van der Waals surface area contributed by atoms with Crippen LogP contribution in [0.2, 0.25) is 0 Å². The highest BCUT2D eigenvalue weighted by Crippen LogP contribution is 2.19. The zero-order chi connectivity index (χ0) is 16.0. The van der Waals surface area contributed by atoms with Gasteiger partial charge in [-0.2, -0.15) is 0 Å². The fourth-order valence-electron chi connectivity index (χ4n) is 2.44. The summed E-state index contributed by atoms with van der Waals surface area (Å²) in [6.07, 6.45) is 8.47. The molecule has 0 radical (unpaired) electrons. The van der Waals surface area contributed by atoms with Crippen LogP contribution >= 0.6 is 0 Å². The summed E-state index contributed by atoms with van der Waals surface area (Å²) in [4.78, 5) is 12.0. The number of nitrogens with one attached hydrogen (secondary N) is 2. The Kier molecular flexibility index (Phi) is 5.52. The van der Waals surface area contributed by atoms with Gasteiger partial charge in [-0.05, 0) is 65.0 Å². The Bertz CT molecular complexity index is 529. The van der Waals surface area contributed by atoms with E-state index in [1.165, 1.54) is 31.3 Å². The Balaban J connectivity index is 1.81. The first-order chi connectivity index (χ1) is 10.4. The normalized spacial score (nSPS) is 15.1. The molecular formula is C17H26N4O. The molecule has 0 saturated carbocycles. The Morgan fingerprint density at radius 3 is 2.64 bits per heavy atom. The molecule has 1 amide bonds. The Hall–Kier alpha value is -1.91. The molecule has 0 aromatic carbocycles. The van der Waals surface area contributed by atoms with Crippen molar-refractivity contribution in [2.45, 2.75) is 58.4 Å². The molecule has 1 aromatic rings. The summed E-state index contributed by atoms with van der Waals surface area (Å²) in [5.41, 5.74) is 1.60. The van der Waals surface area contributed by atoms with E-state index in [0.29, 0.717) is 11.5 Å². The lowest BCUT2D eigenvalue weighted by Gasteiger charge is -2.19. The van der Waals surface area contributed by atoms with Crippen LogP contribution in [-0.4, -0.2) is 28.2 Å². The topological polar surface area (TPSA) is 66.9 Å². The molecule has 22 heavy (non-hydrogen) atoms. The van der Waals surface area contributed by atoms with Crippen molar-refractivity contribution in [1.82, 2.24) is 15.5 Å². The maximum absolute atomic E-state index is 12.0. The van der Waals surface area contributed by atoms with Crippen LogP contribution in [-0.2, 0) is 0 Å². The first kappa shape index (κ1) is 16.5. The largest absolute Gasteiger partial charge is 0.368 e. The number of allylic oxidation sites excluding steroid dienone is 1. The molecule has 0 unspecified atom stereocenters. The number of nitrogens with zero attached hydrogens (tertiary/aromatic N) is 2. The molecule has 1 aliphatic rings. The second-order valence-corrected chi connectivity index (χ2v) is 6.79. The van der Waals surface area contributed by atoms with E-state index in [1.54, 1.807) is 12.1 Å². The van der Waals surface area contributed by atoms with Crippen molar-refractivity contribution in [3.05, 3.63) is 29.5 Å². The zero-order valence-electron chi connectivity index (χ0n) is 13.8. The molecule has 1 heterocycles. The van der Waals surface area contributed by atoms with Gasteiger partial charge >= 0.3 is 0 Å². The molecule has 0 aliphatic heterocycles. The Morgan fingerprint density at radius 1 is 1.23 bits per heavy atom. The van der Waals surface area contributed by atoms with E-state index in [1.807, 2.05) is 20.8 Å². The number of carbonyl (C=O) groups is 1. The lowest BCUT2D eigenvalue weighted by atomic mass is 9.97. The number of aromatic nitrogens is 2. The summed E-state index contributed by atoms with van der Waals surface area (Å²) in [5.74, 6) is 0.516. The quantitative estimate of drug-likeness (QED) is 0.819. The fraction of sp³-hybridized carbons (Fsp3) is 0.588. The number of hydrogen-bond donors (Lipinski definition) is 2. The molecule has 1 aliphatic carbocycles. The van der Waals surface area contributed by atoms with E-state index in [2.05, 4.69) is 26.9 Å². The summed E-state index contributed by atoms with van der Waals surface area (Å²) >= 11 is 0. The predicted molar refractivity (Wildman–Crippen MR) is 88.9 cm³/mol. The Morgan fingerprint density at radius 2 is 2.05 bits per heavy atom. The average Bonchev–Trinajstić information content (AvgIpc) is 2.47. The minimum absolute atomic E-state index is 0.195. The summed E-state index contributed by atoms with van der Waals surface area (Å²) in [6.45, 7) is 6.67. The molecule has 0 spiro atoms. The minimum atomic E-state index is -0.274. The highest BCUT2D eigenvalue weighted by Gasteiger charge is 2.16. The second-order valence-electron chi connectivity index (χ2n) is 6.79. The second kappa shape index (κ2) is 7.38. The molecule has 1 aromatic heterocycles. The summed E-state index contributed by atoms with van der Waals surface area (Å²) in [6, 6.07) is 3.51. The molecule has 5 nitrogen and oxygen atoms in total. The van der Waals surface area contributed by atoms with E-state index >= 15 is 0 Å². The van der Waals surface area contributed by atoms with Crippen molar-refractivity contribution >= 4 is 11.7 Å². The number of rotatable bonds is 5. The van der Waals surface area contributed by atoms with Crippen LogP contribution < -0.4 is 10.6 Å². The van der Waals surface area contributed by atoms with Crippen LogP contribution in [0.3, 0.4) is 0 Å². The lowest BCUT2D eigenvalue weighted by molar-refractivity contribution is 0.0913. The third kappa shape index (κ3) is 5.47. The van der Waals surface area contributed by atoms with Gasteiger partial charge in [-0.25, -0.2) is 0 Å². The van der Waals surface area contributed by atoms with Crippen molar-refractivity contribution in [3.63, 3.8) is 0 Å². The average molecular weight is 302 g/mol. The molecule has 2 N–H and O–H groups in total. The molecule has 0 saturated heterocycles. The molecule has 0 fully saturated rings. The van der Waals surface area contributed by atoms with Gasteiger partial charge < -0.3 is 10.6 Å². The van der Waals surface area contributed by atoms with E-state index in [9.17, 15) is 4.79 Å². The van der Waals surface area contributed by atoms with Crippen molar-refractivity contribution in [2.24, 2.45) is 0 Å². The Labute approximate surface area is 132 Å². The van der Waals surface area contributed by atoms with Gasteiger partial charge in [0.25, 0.3) is 5.91 Å². The molecule has 2 rings (SSSR count). The third-order valence-corrected chi connectivity index (χ3v) is 3.52. The van der Waals surface area contributed by atoms with Crippen LogP contribution in [0.15, 0.2) is 23.8 Å². The van der Waals surface area contributed by atoms with Gasteiger partial charge in [-0.15, -0.1) is 10.2 Å². The van der Waals surface area contributed by atoms with Crippen LogP contribution in [0.4, 0.5) is 5.82 Å². The predicted octanol–water partition coefficient (Wildman–Crippen LogP) is 3.31. The van der Waals surface area contributed by atoms with E-state index in [0.717, 1.165) is 13.0 Å². The monoisotopic (exact) mass is 302 g/mol. The summed E-state index contributed by atoms with van der Waals surface area (Å²) in [5, 5.41) is 14.2. The standard InChI is InChI=1S/C17H26N4O/c1-17(2,3)19-16(22)14-9-10-15(21-20-14)18-12-11-13-7-5-4-6-8-13/h7,9-10H,4-6,8,11-12H2,1-3H3,(H,18,21)(H,19,22). The summed E-state index contributed by atoms with van der Waals surface area (Å²) in [7, 11) is 0. The maximum atomic E-state index is 12.0. The van der Waals surface area contributed by atoms with Gasteiger partial charge in [0.1, 0.15) is 5.82 Å². The summed E-state index contributed by atoms with van der Waals surface area (Å²) < 4.78 is 0. The first-order valence-corrected chi connectivity index (χ1v) is 8.02. The minimum Gasteiger partial charge on any atom is -0.368 e. The number of hydrogen-bond acceptors (Lipinski definition) is 4. The molecule has 5 heteroatoms. The van der Waals surface area contributed by atoms with Crippen molar-refractivity contribution in [3.8, 4) is 0 Å². The van der Waals surface area contributed by atoms with Gasteiger partial charge in [0.05, 0.1) is 0 Å². The van der Waals surface area contributed by atoms with Crippen LogP contribution in [0.5, 0.6) is 0 Å². The van der Waals surface area contributed by atoms with Gasteiger partial charge in [0.2, 0.25) is 0 Å². The van der Waals surface area contributed by atoms with Crippen molar-refractivity contribution in [1.29, 1.82) is 0 Å². The molecule has 0 atom stereocenters. The van der Waals surface area contributed by atoms with Crippen molar-refractivity contribution < 1.29 is 4.79 Å². The van der Waals surface area contributed by atoms with Gasteiger partial charge in [0, 0.05) is 12.1 Å². The number of amides is 1. The van der Waals surface area contributed by atoms with Crippen LogP contribution in [0, 0.1) is 0 Å². The van der Waals surface area contributed by atoms with E-state index in [-0.39, 0.29) is 11.4 Å². The van der Waals surface area contributed by atoms with Crippen LogP contribution in [0.1, 0.15) is 63.4 Å². The number of carbonyl (C=O) groups excluding carboxylic acids is 1. The zero-order valence-corrected chi connectivity index (χ0v) is 13.8. The third-order valence-electron chi connectivity index (χ3n) is 3.52.